The molecule has 2 N–H and O–H groups in total. The molecule has 0 radical (unpaired) electrons. The first-order valence-corrected chi connectivity index (χ1v) is 11.7. The zero-order valence-corrected chi connectivity index (χ0v) is 20.1. The molecule has 2 aromatic carbocycles. The second-order valence-corrected chi connectivity index (χ2v) is 10.5. The molecule has 166 valence electrons. The van der Waals surface area contributed by atoms with E-state index in [0.29, 0.717) is 36.3 Å². The number of Topliss-reactive ketones (excluding diaryl/α,β-unsaturated/α-hetero) is 1. The number of fused-ring (bicyclic) bond motifs is 1. The number of nitriles is 1. The van der Waals surface area contributed by atoms with Gasteiger partial charge < -0.3 is 15.0 Å². The Hall–Kier alpha value is -3.30. The molecule has 33 heavy (non-hydrogen) atoms. The van der Waals surface area contributed by atoms with Gasteiger partial charge in [0.15, 0.2) is 5.78 Å². The van der Waals surface area contributed by atoms with Crippen LogP contribution < -0.4 is 5.73 Å². The molecule has 0 fully saturated rings. The van der Waals surface area contributed by atoms with E-state index in [0.717, 1.165) is 20.9 Å². The van der Waals surface area contributed by atoms with Crippen LogP contribution in [0.1, 0.15) is 43.7 Å². The Bertz CT molecular complexity index is 1390. The van der Waals surface area contributed by atoms with E-state index in [1.165, 1.54) is 5.56 Å². The highest BCUT2D eigenvalue weighted by Gasteiger charge is 2.43. The topological polar surface area (TPSA) is 81.0 Å². The van der Waals surface area contributed by atoms with E-state index in [1.54, 1.807) is 0 Å². The smallest absolute Gasteiger partial charge is 0.205 e. The first-order chi connectivity index (χ1) is 15.8. The number of ether oxygens (including phenoxy) is 1. The van der Waals surface area contributed by atoms with Gasteiger partial charge in [0.25, 0.3) is 0 Å². The average molecular weight is 502 g/mol. The molecule has 1 aromatic heterocycles. The van der Waals surface area contributed by atoms with Crippen molar-refractivity contribution in [2.75, 3.05) is 0 Å². The van der Waals surface area contributed by atoms with E-state index in [-0.39, 0.29) is 17.1 Å². The minimum Gasteiger partial charge on any atom is -0.444 e. The lowest BCUT2D eigenvalue weighted by atomic mass is 9.70. The van der Waals surface area contributed by atoms with Gasteiger partial charge in [-0.1, -0.05) is 60.1 Å². The molecule has 1 aliphatic carbocycles. The fraction of sp³-hybridized carbons (Fsp3) is 0.259. The van der Waals surface area contributed by atoms with Gasteiger partial charge in [0.05, 0.1) is 5.92 Å². The summed E-state index contributed by atoms with van der Waals surface area (Å²) in [5, 5.41) is 11.0. The minimum atomic E-state index is -0.545. The number of nitrogens with two attached hydrogens (primary N) is 1. The number of hydrogen-bond acceptors (Lipinski definition) is 4. The summed E-state index contributed by atoms with van der Waals surface area (Å²) in [6, 6.07) is 18.6. The van der Waals surface area contributed by atoms with E-state index in [2.05, 4.69) is 64.8 Å². The second kappa shape index (κ2) is 7.93. The van der Waals surface area contributed by atoms with Gasteiger partial charge in [0.2, 0.25) is 5.88 Å². The summed E-state index contributed by atoms with van der Waals surface area (Å²) >= 11 is 3.59. The second-order valence-electron chi connectivity index (χ2n) is 9.56. The summed E-state index contributed by atoms with van der Waals surface area (Å²) in [6.45, 7) is 4.78. The molecule has 2 heterocycles. The van der Waals surface area contributed by atoms with Crippen LogP contribution in [0.5, 0.6) is 0 Å². The largest absolute Gasteiger partial charge is 0.444 e. The monoisotopic (exact) mass is 501 g/mol. The van der Waals surface area contributed by atoms with Gasteiger partial charge in [-0.15, -0.1) is 0 Å². The highest BCUT2D eigenvalue weighted by atomic mass is 79.9. The number of rotatable bonds is 3. The zero-order valence-electron chi connectivity index (χ0n) is 18.6. The predicted octanol–water partition coefficient (Wildman–Crippen LogP) is 5.90. The maximum Gasteiger partial charge on any atom is 0.205 e. The maximum atomic E-state index is 13.4. The van der Waals surface area contributed by atoms with E-state index in [4.69, 9.17) is 10.5 Å². The van der Waals surface area contributed by atoms with Crippen LogP contribution in [-0.2, 0) is 16.1 Å². The Kier molecular flexibility index (Phi) is 5.18. The van der Waals surface area contributed by atoms with E-state index >= 15 is 0 Å². The quantitative estimate of drug-likeness (QED) is 0.484. The number of aromatic nitrogens is 1. The molecular formula is C27H24BrN3O2. The van der Waals surface area contributed by atoms with Gasteiger partial charge in [-0.25, -0.2) is 0 Å². The molecule has 3 aromatic rings. The molecule has 0 spiro atoms. The van der Waals surface area contributed by atoms with Crippen molar-refractivity contribution in [3.8, 4) is 6.07 Å². The maximum absolute atomic E-state index is 13.4. The number of hydrogen-bond donors (Lipinski definition) is 1. The number of halogens is 1. The van der Waals surface area contributed by atoms with Crippen LogP contribution in [0.15, 0.2) is 82.0 Å². The van der Waals surface area contributed by atoms with Crippen LogP contribution >= 0.6 is 15.9 Å². The Morgan fingerprint density at radius 2 is 1.97 bits per heavy atom. The number of nitrogens with zero attached hydrogens (tertiary/aromatic N) is 2. The van der Waals surface area contributed by atoms with Crippen LogP contribution in [0.3, 0.4) is 0 Å². The third-order valence-electron chi connectivity index (χ3n) is 6.46. The zero-order chi connectivity index (χ0) is 23.3. The number of benzene rings is 2. The van der Waals surface area contributed by atoms with E-state index in [1.807, 2.05) is 30.3 Å². The Labute approximate surface area is 201 Å². The summed E-state index contributed by atoms with van der Waals surface area (Å²) in [5.74, 6) is 0.157. The highest BCUT2D eigenvalue weighted by molar-refractivity contribution is 9.10. The SMILES string of the molecule is CC1(C)CC(=O)C2=C(C1)OC(N)=C(C#N)C2c1cn(Cc2ccccc2)c2ccc(Br)cc12. The van der Waals surface area contributed by atoms with Gasteiger partial charge in [-0.3, -0.25) is 4.79 Å². The van der Waals surface area contributed by atoms with Gasteiger partial charge >= 0.3 is 0 Å². The lowest BCUT2D eigenvalue weighted by molar-refractivity contribution is -0.119. The molecule has 1 unspecified atom stereocenters. The van der Waals surface area contributed by atoms with Crippen molar-refractivity contribution in [3.63, 3.8) is 0 Å². The number of carbonyl (C=O) groups excluding carboxylic acids is 1. The number of allylic oxidation sites excluding steroid dienone is 3. The van der Waals surface area contributed by atoms with Crippen LogP contribution in [0.2, 0.25) is 0 Å². The molecule has 0 amide bonds. The fourth-order valence-electron chi connectivity index (χ4n) is 5.03. The van der Waals surface area contributed by atoms with Crippen molar-refractivity contribution in [2.45, 2.75) is 39.2 Å². The number of carbonyl (C=O) groups is 1. The standard InChI is InChI=1S/C27H24BrN3O2/c1-27(2)11-22(32)25-23(12-27)33-26(30)19(13-29)24(25)20-15-31(14-16-6-4-3-5-7-16)21-9-8-17(28)10-18(20)21/h3-10,15,24H,11-12,14,30H2,1-2H3. The fourth-order valence-corrected chi connectivity index (χ4v) is 5.39. The number of ketones is 1. The van der Waals surface area contributed by atoms with Crippen molar-refractivity contribution in [1.29, 1.82) is 5.26 Å². The summed E-state index contributed by atoms with van der Waals surface area (Å²) in [7, 11) is 0. The van der Waals surface area contributed by atoms with Gasteiger partial charge in [-0.2, -0.15) is 5.26 Å². The Morgan fingerprint density at radius 3 is 2.70 bits per heavy atom. The van der Waals surface area contributed by atoms with Crippen molar-refractivity contribution in [3.05, 3.63) is 93.1 Å². The molecule has 1 atom stereocenters. The normalized spacial score (nSPS) is 19.9. The van der Waals surface area contributed by atoms with Crippen molar-refractivity contribution in [1.82, 2.24) is 4.57 Å². The molecule has 5 rings (SSSR count). The molecule has 2 aliphatic rings. The summed E-state index contributed by atoms with van der Waals surface area (Å²) in [6.07, 6.45) is 3.08. The third-order valence-corrected chi connectivity index (χ3v) is 6.95. The Morgan fingerprint density at radius 1 is 1.21 bits per heavy atom. The minimum absolute atomic E-state index is 0.0189. The van der Waals surface area contributed by atoms with Crippen LogP contribution in [-0.4, -0.2) is 10.4 Å². The van der Waals surface area contributed by atoms with Crippen molar-refractivity contribution >= 4 is 32.6 Å². The molecule has 1 aliphatic heterocycles. The van der Waals surface area contributed by atoms with E-state index < -0.39 is 5.92 Å². The molecule has 0 bridgehead atoms. The summed E-state index contributed by atoms with van der Waals surface area (Å²) in [5.41, 5.74) is 9.98. The van der Waals surface area contributed by atoms with E-state index in [9.17, 15) is 10.1 Å². The lowest BCUT2D eigenvalue weighted by Crippen LogP contribution is -2.33. The average Bonchev–Trinajstić information content (AvgIpc) is 3.09. The van der Waals surface area contributed by atoms with Crippen LogP contribution in [0.4, 0.5) is 0 Å². The summed E-state index contributed by atoms with van der Waals surface area (Å²) < 4.78 is 8.97. The molecule has 0 saturated heterocycles. The van der Waals surface area contributed by atoms with Crippen LogP contribution in [0.25, 0.3) is 10.9 Å². The Balaban J connectivity index is 1.73. The third kappa shape index (κ3) is 3.77. The van der Waals surface area contributed by atoms with Crippen LogP contribution in [0, 0.1) is 16.7 Å². The van der Waals surface area contributed by atoms with Crippen molar-refractivity contribution in [2.24, 2.45) is 11.1 Å². The van der Waals surface area contributed by atoms with Gasteiger partial charge in [0, 0.05) is 46.5 Å². The molecule has 5 nitrogen and oxygen atoms in total. The molecule has 6 heteroatoms. The van der Waals surface area contributed by atoms with Gasteiger partial charge in [0.1, 0.15) is 17.4 Å². The first kappa shape index (κ1) is 21.5. The van der Waals surface area contributed by atoms with Crippen molar-refractivity contribution < 1.29 is 9.53 Å². The highest BCUT2D eigenvalue weighted by Crippen LogP contribution is 2.49. The predicted molar refractivity (Wildman–Crippen MR) is 131 cm³/mol. The lowest BCUT2D eigenvalue weighted by Gasteiger charge is -2.37. The first-order valence-electron chi connectivity index (χ1n) is 10.9. The molecular weight excluding hydrogens is 478 g/mol. The molecule has 0 saturated carbocycles. The van der Waals surface area contributed by atoms with Gasteiger partial charge in [-0.05, 0) is 34.7 Å². The summed E-state index contributed by atoms with van der Waals surface area (Å²) in [4.78, 5) is 13.4.